The van der Waals surface area contributed by atoms with E-state index in [2.05, 4.69) is 0 Å². The summed E-state index contributed by atoms with van der Waals surface area (Å²) in [4.78, 5) is 24.3. The summed E-state index contributed by atoms with van der Waals surface area (Å²) in [6.07, 6.45) is 3.98. The van der Waals surface area contributed by atoms with E-state index in [9.17, 15) is 9.59 Å². The van der Waals surface area contributed by atoms with Gasteiger partial charge in [-0.25, -0.2) is 0 Å². The van der Waals surface area contributed by atoms with Crippen molar-refractivity contribution in [3.8, 4) is 0 Å². The SMILES string of the molecule is NC1CCC(N2CC(=O)CC2=O)CC1. The molecule has 1 heterocycles. The number of nitrogens with two attached hydrogens (primary N) is 1. The number of carbonyl (C=O) groups excluding carboxylic acids is 2. The van der Waals surface area contributed by atoms with E-state index in [1.165, 1.54) is 0 Å². The highest BCUT2D eigenvalue weighted by molar-refractivity contribution is 6.05. The minimum absolute atomic E-state index is 0.00970. The van der Waals surface area contributed by atoms with Crippen molar-refractivity contribution < 1.29 is 9.59 Å². The maximum Gasteiger partial charge on any atom is 0.230 e. The normalized spacial score (nSPS) is 33.9. The second kappa shape index (κ2) is 3.69. The Labute approximate surface area is 83.4 Å². The lowest BCUT2D eigenvalue weighted by molar-refractivity contribution is -0.130. The van der Waals surface area contributed by atoms with Crippen LogP contribution >= 0.6 is 0 Å². The third-order valence-corrected chi connectivity index (χ3v) is 3.20. The number of hydrogen-bond donors (Lipinski definition) is 1. The van der Waals surface area contributed by atoms with Gasteiger partial charge >= 0.3 is 0 Å². The molecule has 2 fully saturated rings. The summed E-state index contributed by atoms with van der Waals surface area (Å²) in [5.41, 5.74) is 5.79. The van der Waals surface area contributed by atoms with Gasteiger partial charge in [-0.1, -0.05) is 0 Å². The fourth-order valence-corrected chi connectivity index (χ4v) is 2.35. The van der Waals surface area contributed by atoms with E-state index in [0.717, 1.165) is 25.7 Å². The Hall–Kier alpha value is -0.900. The molecule has 1 saturated carbocycles. The van der Waals surface area contributed by atoms with Crippen LogP contribution in [0.1, 0.15) is 32.1 Å². The predicted octanol–water partition coefficient (Wildman–Crippen LogP) is 0.0577. The lowest BCUT2D eigenvalue weighted by Gasteiger charge is -2.32. The number of likely N-dealkylation sites (tertiary alicyclic amines) is 1. The zero-order valence-corrected chi connectivity index (χ0v) is 8.24. The Morgan fingerprint density at radius 2 is 1.79 bits per heavy atom. The van der Waals surface area contributed by atoms with Gasteiger partial charge in [0, 0.05) is 12.1 Å². The van der Waals surface area contributed by atoms with Crippen molar-refractivity contribution in [2.75, 3.05) is 6.54 Å². The van der Waals surface area contributed by atoms with E-state index >= 15 is 0 Å². The van der Waals surface area contributed by atoms with Crippen molar-refractivity contribution >= 4 is 11.7 Å². The topological polar surface area (TPSA) is 63.4 Å². The van der Waals surface area contributed by atoms with Crippen LogP contribution in [-0.2, 0) is 9.59 Å². The molecule has 0 radical (unpaired) electrons. The van der Waals surface area contributed by atoms with E-state index in [4.69, 9.17) is 5.73 Å². The van der Waals surface area contributed by atoms with Gasteiger partial charge in [-0.3, -0.25) is 9.59 Å². The molecule has 1 amide bonds. The Bertz CT molecular complexity index is 257. The second-order valence-corrected chi connectivity index (χ2v) is 4.31. The van der Waals surface area contributed by atoms with E-state index in [1.807, 2.05) is 0 Å². The molecule has 0 atom stereocenters. The van der Waals surface area contributed by atoms with E-state index < -0.39 is 0 Å². The molecule has 2 rings (SSSR count). The molecule has 0 spiro atoms. The van der Waals surface area contributed by atoms with Crippen molar-refractivity contribution in [3.05, 3.63) is 0 Å². The molecule has 14 heavy (non-hydrogen) atoms. The molecule has 78 valence electrons. The van der Waals surface area contributed by atoms with Crippen molar-refractivity contribution in [3.63, 3.8) is 0 Å². The lowest BCUT2D eigenvalue weighted by atomic mass is 9.91. The number of Topliss-reactive ketones (excluding diaryl/α,β-unsaturated/α-hetero) is 1. The zero-order chi connectivity index (χ0) is 10.1. The summed E-state index contributed by atoms with van der Waals surface area (Å²) in [7, 11) is 0. The molecule has 1 saturated heterocycles. The maximum atomic E-state index is 11.4. The van der Waals surface area contributed by atoms with Crippen LogP contribution in [0, 0.1) is 0 Å². The molecule has 1 aliphatic heterocycles. The van der Waals surface area contributed by atoms with Crippen molar-refractivity contribution in [1.29, 1.82) is 0 Å². The van der Waals surface area contributed by atoms with Crippen LogP contribution < -0.4 is 5.73 Å². The van der Waals surface area contributed by atoms with Crippen LogP contribution in [0.15, 0.2) is 0 Å². The molecule has 2 aliphatic rings. The Morgan fingerprint density at radius 1 is 1.14 bits per heavy atom. The maximum absolute atomic E-state index is 11.4. The first-order valence-electron chi connectivity index (χ1n) is 5.23. The van der Waals surface area contributed by atoms with Gasteiger partial charge in [-0.15, -0.1) is 0 Å². The summed E-state index contributed by atoms with van der Waals surface area (Å²) >= 11 is 0. The minimum atomic E-state index is 0.00970. The molecular weight excluding hydrogens is 180 g/mol. The third kappa shape index (κ3) is 1.80. The summed E-state index contributed by atoms with van der Waals surface area (Å²) in [6.45, 7) is 0.332. The predicted molar refractivity (Wildman–Crippen MR) is 51.6 cm³/mol. The highest BCUT2D eigenvalue weighted by Gasteiger charge is 2.34. The molecule has 0 bridgehead atoms. The quantitative estimate of drug-likeness (QED) is 0.603. The highest BCUT2D eigenvalue weighted by atomic mass is 16.2. The number of ketones is 1. The van der Waals surface area contributed by atoms with Gasteiger partial charge in [0.25, 0.3) is 0 Å². The van der Waals surface area contributed by atoms with Gasteiger partial charge in [0.1, 0.15) is 0 Å². The number of rotatable bonds is 1. The minimum Gasteiger partial charge on any atom is -0.332 e. The standard InChI is InChI=1S/C10H16N2O2/c11-7-1-3-8(4-2-7)12-6-9(13)5-10(12)14/h7-8H,1-6,11H2. The van der Waals surface area contributed by atoms with Gasteiger partial charge in [0.15, 0.2) is 5.78 Å². The Balaban J connectivity index is 1.95. The van der Waals surface area contributed by atoms with Crippen LogP contribution in [0.2, 0.25) is 0 Å². The van der Waals surface area contributed by atoms with Gasteiger partial charge in [0.2, 0.25) is 5.91 Å². The summed E-state index contributed by atoms with van der Waals surface area (Å²) in [5, 5.41) is 0. The summed E-state index contributed by atoms with van der Waals surface area (Å²) < 4.78 is 0. The molecule has 0 aromatic rings. The first-order valence-corrected chi connectivity index (χ1v) is 5.23. The first-order chi connectivity index (χ1) is 6.66. The van der Waals surface area contributed by atoms with Crippen molar-refractivity contribution in [2.24, 2.45) is 5.73 Å². The van der Waals surface area contributed by atoms with Crippen LogP contribution in [0.4, 0.5) is 0 Å². The van der Waals surface area contributed by atoms with Crippen LogP contribution in [0.25, 0.3) is 0 Å². The van der Waals surface area contributed by atoms with Gasteiger partial charge in [0.05, 0.1) is 13.0 Å². The lowest BCUT2D eigenvalue weighted by Crippen LogP contribution is -2.41. The van der Waals surface area contributed by atoms with Crippen LogP contribution in [-0.4, -0.2) is 35.2 Å². The number of carbonyl (C=O) groups is 2. The number of amides is 1. The fraction of sp³-hybridized carbons (Fsp3) is 0.800. The van der Waals surface area contributed by atoms with E-state index in [1.54, 1.807) is 4.90 Å². The fourth-order valence-electron chi connectivity index (χ4n) is 2.35. The monoisotopic (exact) mass is 196 g/mol. The second-order valence-electron chi connectivity index (χ2n) is 4.31. The highest BCUT2D eigenvalue weighted by Crippen LogP contribution is 2.24. The number of hydrogen-bond acceptors (Lipinski definition) is 3. The Morgan fingerprint density at radius 3 is 2.29 bits per heavy atom. The molecule has 0 aromatic carbocycles. The molecule has 0 unspecified atom stereocenters. The van der Waals surface area contributed by atoms with Crippen LogP contribution in [0.3, 0.4) is 0 Å². The van der Waals surface area contributed by atoms with Gasteiger partial charge < -0.3 is 10.6 Å². The smallest absolute Gasteiger partial charge is 0.230 e. The average molecular weight is 196 g/mol. The third-order valence-electron chi connectivity index (χ3n) is 3.20. The zero-order valence-electron chi connectivity index (χ0n) is 8.24. The number of nitrogens with zero attached hydrogens (tertiary/aromatic N) is 1. The average Bonchev–Trinajstić information content (AvgIpc) is 2.47. The largest absolute Gasteiger partial charge is 0.332 e. The first kappa shape index (κ1) is 9.65. The summed E-state index contributed by atoms with van der Waals surface area (Å²) in [6, 6.07) is 0.563. The Kier molecular flexibility index (Phi) is 2.54. The molecular formula is C10H16N2O2. The van der Waals surface area contributed by atoms with Gasteiger partial charge in [-0.05, 0) is 25.7 Å². The summed E-state index contributed by atoms with van der Waals surface area (Å²) in [5.74, 6) is 0.0698. The molecule has 1 aliphatic carbocycles. The van der Waals surface area contributed by atoms with Gasteiger partial charge in [-0.2, -0.15) is 0 Å². The molecule has 4 heteroatoms. The molecule has 0 aromatic heterocycles. The molecule has 2 N–H and O–H groups in total. The van der Waals surface area contributed by atoms with Crippen molar-refractivity contribution in [2.45, 2.75) is 44.2 Å². The van der Waals surface area contributed by atoms with E-state index in [0.29, 0.717) is 12.6 Å². The molecule has 4 nitrogen and oxygen atoms in total. The van der Waals surface area contributed by atoms with Crippen molar-refractivity contribution in [1.82, 2.24) is 4.90 Å². The van der Waals surface area contributed by atoms with Crippen LogP contribution in [0.5, 0.6) is 0 Å². The van der Waals surface area contributed by atoms with E-state index in [-0.39, 0.29) is 24.2 Å².